The molecule has 1 saturated heterocycles. The van der Waals surface area contributed by atoms with E-state index in [1.54, 1.807) is 12.1 Å². The average Bonchev–Trinajstić information content (AvgIpc) is 3.77. The molecule has 0 aromatic heterocycles. The van der Waals surface area contributed by atoms with E-state index in [1.807, 2.05) is 42.5 Å². The summed E-state index contributed by atoms with van der Waals surface area (Å²) in [4.78, 5) is 121. The molecule has 0 spiro atoms. The third-order valence-corrected chi connectivity index (χ3v) is 10.8. The summed E-state index contributed by atoms with van der Waals surface area (Å²) in [6.45, 7) is 1.20. The van der Waals surface area contributed by atoms with Crippen molar-refractivity contribution in [2.75, 3.05) is 31.1 Å². The highest BCUT2D eigenvalue weighted by Crippen LogP contribution is 2.20. The Balaban J connectivity index is 1.80. The fraction of sp³-hybridized carbons (Fsp3) is 0.463. The smallest absolute Gasteiger partial charge is 0.303 e. The number of primary amides is 1. The van der Waals surface area contributed by atoms with Crippen molar-refractivity contribution in [3.63, 3.8) is 0 Å². The first kappa shape index (κ1) is 52.0. The van der Waals surface area contributed by atoms with Crippen molar-refractivity contribution < 1.29 is 48.3 Å². The van der Waals surface area contributed by atoms with Gasteiger partial charge in [0, 0.05) is 44.4 Å². The monoisotopic (exact) mass is 927 g/mol. The van der Waals surface area contributed by atoms with Gasteiger partial charge in [0.1, 0.15) is 36.3 Å². The minimum atomic E-state index is -1.35. The number of nitrogens with zero attached hydrogens (tertiary/aromatic N) is 2. The van der Waals surface area contributed by atoms with Gasteiger partial charge in [0.25, 0.3) is 0 Å². The first-order valence-electron chi connectivity index (χ1n) is 20.4. The lowest BCUT2D eigenvalue weighted by Gasteiger charge is -2.27. The molecule has 1 fully saturated rings. The van der Waals surface area contributed by atoms with Crippen LogP contribution in [-0.2, 0) is 49.6 Å². The zero-order valence-corrected chi connectivity index (χ0v) is 37.1. The standard InChI is InChI=1S/C41H57N11O10S2/c1-23(53)52-18-6-10-32(52)40(62)48-28(9-5-17-45-41(43)44)37(59)51-31(22-64)39(61)49-29(19-24-11-13-26(14-12-24)25-7-3-2-4-8-25)38(60)50-30(21-63)36(58)46-20-33(54)47-27(35(42)57)15-16-34(55)56/h2-4,7-8,11-14,27-32,63-64H,5-6,9-10,15-22H2,1H3,(H2,42,57)(H,46,58)(H,47,54)(H,48,62)(H,49,61)(H,50,60)(H,51,59)(H,55,56)(H4,43,44,45)/t27-,28-,29-,30-,31-,32-/m0/s1. The number of carboxylic acid groups (broad SMARTS) is 1. The van der Waals surface area contributed by atoms with E-state index in [0.29, 0.717) is 24.9 Å². The molecule has 6 atom stereocenters. The highest BCUT2D eigenvalue weighted by molar-refractivity contribution is 7.80. The van der Waals surface area contributed by atoms with Crippen LogP contribution in [0.15, 0.2) is 59.6 Å². The highest BCUT2D eigenvalue weighted by atomic mass is 32.1. The van der Waals surface area contributed by atoms with Gasteiger partial charge in [-0.3, -0.25) is 48.1 Å². The minimum absolute atomic E-state index is 0.0529. The van der Waals surface area contributed by atoms with Crippen molar-refractivity contribution >= 4 is 84.4 Å². The van der Waals surface area contributed by atoms with E-state index in [9.17, 15) is 43.2 Å². The van der Waals surface area contributed by atoms with E-state index in [-0.39, 0.29) is 55.6 Å². The number of aliphatic carboxylic acids is 1. The lowest BCUT2D eigenvalue weighted by Crippen LogP contribution is -2.60. The molecular weight excluding hydrogens is 871 g/mol. The number of likely N-dealkylation sites (tertiary alicyclic amines) is 1. The van der Waals surface area contributed by atoms with Gasteiger partial charge in [-0.1, -0.05) is 54.6 Å². The Morgan fingerprint density at radius 3 is 1.89 bits per heavy atom. The van der Waals surface area contributed by atoms with E-state index in [4.69, 9.17) is 22.3 Å². The lowest BCUT2D eigenvalue weighted by molar-refractivity contribution is -0.138. The maximum Gasteiger partial charge on any atom is 0.303 e. The molecule has 1 aliphatic heterocycles. The van der Waals surface area contributed by atoms with Crippen molar-refractivity contribution in [2.45, 2.75) is 88.1 Å². The van der Waals surface area contributed by atoms with E-state index < -0.39 is 96.5 Å². The van der Waals surface area contributed by atoms with Crippen LogP contribution in [0.2, 0.25) is 0 Å². The number of thiol groups is 2. The maximum absolute atomic E-state index is 14.0. The second-order valence-electron chi connectivity index (χ2n) is 14.9. The Kier molecular flexibility index (Phi) is 21.4. The van der Waals surface area contributed by atoms with Crippen LogP contribution < -0.4 is 49.1 Å². The number of aliphatic imine (C=N–C) groups is 1. The van der Waals surface area contributed by atoms with Gasteiger partial charge < -0.3 is 59.1 Å². The van der Waals surface area contributed by atoms with Crippen LogP contribution in [0.5, 0.6) is 0 Å². The van der Waals surface area contributed by atoms with E-state index in [2.05, 4.69) is 62.2 Å². The van der Waals surface area contributed by atoms with Gasteiger partial charge in [0.05, 0.1) is 6.54 Å². The predicted octanol–water partition coefficient (Wildman–Crippen LogP) is -2.29. The largest absolute Gasteiger partial charge is 0.481 e. The number of hydrogen-bond donors (Lipinski definition) is 12. The van der Waals surface area contributed by atoms with Crippen LogP contribution in [0.25, 0.3) is 11.1 Å². The summed E-state index contributed by atoms with van der Waals surface area (Å²) in [6, 6.07) is 9.37. The summed E-state index contributed by atoms with van der Waals surface area (Å²) in [5, 5.41) is 24.0. The molecule has 0 bridgehead atoms. The number of carbonyl (C=O) groups is 9. The molecule has 0 unspecified atom stereocenters. The highest BCUT2D eigenvalue weighted by Gasteiger charge is 2.36. The van der Waals surface area contributed by atoms with Crippen molar-refractivity contribution in [3.8, 4) is 11.1 Å². The van der Waals surface area contributed by atoms with Gasteiger partial charge in [0.15, 0.2) is 5.96 Å². The number of carbonyl (C=O) groups excluding carboxylic acids is 8. The van der Waals surface area contributed by atoms with Crippen LogP contribution in [-0.4, -0.2) is 137 Å². The van der Waals surface area contributed by atoms with Crippen molar-refractivity contribution in [3.05, 3.63) is 60.2 Å². The summed E-state index contributed by atoms with van der Waals surface area (Å²) < 4.78 is 0. The first-order chi connectivity index (χ1) is 30.4. The molecule has 1 heterocycles. The van der Waals surface area contributed by atoms with Gasteiger partial charge in [-0.15, -0.1) is 0 Å². The van der Waals surface area contributed by atoms with Crippen LogP contribution in [0.1, 0.15) is 51.0 Å². The van der Waals surface area contributed by atoms with E-state index in [1.165, 1.54) is 11.8 Å². The van der Waals surface area contributed by atoms with Gasteiger partial charge in [-0.2, -0.15) is 25.3 Å². The quantitative estimate of drug-likeness (QED) is 0.0217. The molecule has 2 aromatic rings. The third-order valence-electron chi connectivity index (χ3n) is 10.1. The number of nitrogens with two attached hydrogens (primary N) is 3. The van der Waals surface area contributed by atoms with Gasteiger partial charge in [-0.25, -0.2) is 0 Å². The SMILES string of the molecule is CC(=O)N1CCC[C@H]1C(=O)N[C@@H](CCCN=C(N)N)C(=O)N[C@@H](CS)C(=O)N[C@@H](Cc1ccc(-c2ccccc2)cc1)C(=O)N[C@@H](CS)C(=O)NCC(=O)N[C@@H](CCC(=O)O)C(N)=O. The van der Waals surface area contributed by atoms with Crippen molar-refractivity contribution in [2.24, 2.45) is 22.2 Å². The van der Waals surface area contributed by atoms with Crippen LogP contribution in [0.3, 0.4) is 0 Å². The fourth-order valence-corrected chi connectivity index (χ4v) is 7.17. The summed E-state index contributed by atoms with van der Waals surface area (Å²) in [6.07, 6.45) is 0.479. The van der Waals surface area contributed by atoms with Gasteiger partial charge in [-0.05, 0) is 48.8 Å². The summed E-state index contributed by atoms with van der Waals surface area (Å²) in [7, 11) is 0. The molecule has 1 aliphatic rings. The number of nitrogens with one attached hydrogen (secondary N) is 6. The number of carboxylic acids is 1. The Morgan fingerprint density at radius 2 is 1.31 bits per heavy atom. The lowest BCUT2D eigenvalue weighted by atomic mass is 10.00. The van der Waals surface area contributed by atoms with E-state index in [0.717, 1.165) is 11.1 Å². The molecule has 21 nitrogen and oxygen atoms in total. The van der Waals surface area contributed by atoms with Crippen LogP contribution >= 0.6 is 25.3 Å². The third kappa shape index (κ3) is 17.1. The molecule has 64 heavy (non-hydrogen) atoms. The Bertz CT molecular complexity index is 2010. The topological polar surface area (TPSA) is 340 Å². The molecule has 3 rings (SSSR count). The Labute approximate surface area is 381 Å². The van der Waals surface area contributed by atoms with Crippen molar-refractivity contribution in [1.29, 1.82) is 0 Å². The summed E-state index contributed by atoms with van der Waals surface area (Å²) in [5.74, 6) is -7.83. The molecule has 23 heteroatoms. The second kappa shape index (κ2) is 26.3. The number of hydrogen-bond acceptors (Lipinski definition) is 12. The fourth-order valence-electron chi connectivity index (χ4n) is 6.66. The average molecular weight is 928 g/mol. The summed E-state index contributed by atoms with van der Waals surface area (Å²) >= 11 is 8.48. The number of benzene rings is 2. The molecule has 8 amide bonds. The Morgan fingerprint density at radius 1 is 0.734 bits per heavy atom. The first-order valence-corrected chi connectivity index (χ1v) is 21.7. The molecule has 0 radical (unpaired) electrons. The van der Waals surface area contributed by atoms with Crippen molar-refractivity contribution in [1.82, 2.24) is 36.8 Å². The molecule has 0 aliphatic carbocycles. The molecule has 2 aromatic carbocycles. The molecular formula is C41H57N11O10S2. The zero-order chi connectivity index (χ0) is 47.3. The van der Waals surface area contributed by atoms with Crippen LogP contribution in [0.4, 0.5) is 0 Å². The van der Waals surface area contributed by atoms with E-state index >= 15 is 0 Å². The predicted molar refractivity (Wildman–Crippen MR) is 242 cm³/mol. The molecule has 348 valence electrons. The number of amides is 8. The van der Waals surface area contributed by atoms with Gasteiger partial charge in [0.2, 0.25) is 47.3 Å². The maximum atomic E-state index is 14.0. The Hall–Kier alpha value is -6.36. The second-order valence-corrected chi connectivity index (χ2v) is 15.6. The summed E-state index contributed by atoms with van der Waals surface area (Å²) in [5.41, 5.74) is 18.6. The van der Waals surface area contributed by atoms with Crippen LogP contribution in [0, 0.1) is 0 Å². The normalized spacial score (nSPS) is 15.5. The molecule has 13 N–H and O–H groups in total. The minimum Gasteiger partial charge on any atom is -0.481 e. The van der Waals surface area contributed by atoms with Gasteiger partial charge >= 0.3 is 5.97 Å². The zero-order valence-electron chi connectivity index (χ0n) is 35.3. The number of guanidine groups is 1. The number of rotatable bonds is 25. The molecule has 0 saturated carbocycles.